The number of nitrogens with two attached hydrogens (primary N) is 1. The monoisotopic (exact) mass is 219 g/mol. The maximum Gasteiger partial charge on any atom is 0.119 e. The topological polar surface area (TPSA) is 35.2 Å². The Morgan fingerprint density at radius 1 is 1.38 bits per heavy atom. The van der Waals surface area contributed by atoms with Crippen LogP contribution in [0.4, 0.5) is 0 Å². The van der Waals surface area contributed by atoms with Gasteiger partial charge in [0, 0.05) is 6.04 Å². The highest BCUT2D eigenvalue weighted by molar-refractivity contribution is 5.27. The van der Waals surface area contributed by atoms with Crippen molar-refractivity contribution >= 4 is 0 Å². The van der Waals surface area contributed by atoms with E-state index in [0.29, 0.717) is 12.0 Å². The van der Waals surface area contributed by atoms with Crippen LogP contribution >= 0.6 is 0 Å². The second-order valence-electron chi connectivity index (χ2n) is 4.81. The lowest BCUT2D eigenvalue weighted by atomic mass is 10.0. The molecule has 0 aromatic heterocycles. The third kappa shape index (κ3) is 2.99. The van der Waals surface area contributed by atoms with Crippen molar-refractivity contribution in [2.45, 2.75) is 38.6 Å². The van der Waals surface area contributed by atoms with Crippen molar-refractivity contribution in [2.24, 2.45) is 11.7 Å². The molecule has 2 N–H and O–H groups in total. The van der Waals surface area contributed by atoms with Crippen LogP contribution in [0.15, 0.2) is 24.3 Å². The summed E-state index contributed by atoms with van der Waals surface area (Å²) in [6.45, 7) is 2.88. The van der Waals surface area contributed by atoms with E-state index in [0.717, 1.165) is 18.8 Å². The smallest absolute Gasteiger partial charge is 0.119 e. The summed E-state index contributed by atoms with van der Waals surface area (Å²) in [5.41, 5.74) is 7.27. The molecule has 1 aromatic rings. The van der Waals surface area contributed by atoms with Crippen molar-refractivity contribution < 1.29 is 4.74 Å². The Morgan fingerprint density at radius 3 is 2.94 bits per heavy atom. The van der Waals surface area contributed by atoms with Crippen LogP contribution in [0.3, 0.4) is 0 Å². The standard InChI is InChI=1S/C14H21NO/c1-11-4-2-6-13(10-11)16-9-8-12-5-3-7-14(12)15/h2,4,6,10,12,14H,3,5,7-9,15H2,1H3. The highest BCUT2D eigenvalue weighted by atomic mass is 16.5. The van der Waals surface area contributed by atoms with Crippen molar-refractivity contribution in [3.63, 3.8) is 0 Å². The van der Waals surface area contributed by atoms with Gasteiger partial charge in [-0.15, -0.1) is 0 Å². The van der Waals surface area contributed by atoms with Crippen LogP contribution in [0.25, 0.3) is 0 Å². The summed E-state index contributed by atoms with van der Waals surface area (Å²) in [4.78, 5) is 0. The molecule has 0 aliphatic heterocycles. The first-order chi connectivity index (χ1) is 7.75. The molecule has 1 aliphatic rings. The normalized spacial score (nSPS) is 24.6. The third-order valence-electron chi connectivity index (χ3n) is 3.46. The van der Waals surface area contributed by atoms with Gasteiger partial charge in [0.2, 0.25) is 0 Å². The number of aryl methyl sites for hydroxylation is 1. The van der Waals surface area contributed by atoms with E-state index >= 15 is 0 Å². The molecule has 1 saturated carbocycles. The number of benzene rings is 1. The van der Waals surface area contributed by atoms with Crippen LogP contribution in [0.5, 0.6) is 5.75 Å². The molecule has 2 rings (SSSR count). The maximum atomic E-state index is 6.03. The van der Waals surface area contributed by atoms with Gasteiger partial charge >= 0.3 is 0 Å². The molecule has 0 saturated heterocycles. The van der Waals surface area contributed by atoms with Crippen LogP contribution in [-0.4, -0.2) is 12.6 Å². The van der Waals surface area contributed by atoms with Crippen molar-refractivity contribution in [2.75, 3.05) is 6.61 Å². The number of hydrogen-bond donors (Lipinski definition) is 1. The highest BCUT2D eigenvalue weighted by Gasteiger charge is 2.23. The van der Waals surface area contributed by atoms with Crippen molar-refractivity contribution in [3.8, 4) is 5.75 Å². The Morgan fingerprint density at radius 2 is 2.25 bits per heavy atom. The van der Waals surface area contributed by atoms with E-state index in [4.69, 9.17) is 10.5 Å². The van der Waals surface area contributed by atoms with Gasteiger partial charge in [-0.1, -0.05) is 18.6 Å². The highest BCUT2D eigenvalue weighted by Crippen LogP contribution is 2.26. The first kappa shape index (κ1) is 11.5. The summed E-state index contributed by atoms with van der Waals surface area (Å²) in [5, 5.41) is 0. The number of ether oxygens (including phenoxy) is 1. The molecule has 1 aliphatic carbocycles. The molecule has 16 heavy (non-hydrogen) atoms. The van der Waals surface area contributed by atoms with Gasteiger partial charge in [0.15, 0.2) is 0 Å². The zero-order chi connectivity index (χ0) is 11.4. The van der Waals surface area contributed by atoms with Crippen LogP contribution < -0.4 is 10.5 Å². The quantitative estimate of drug-likeness (QED) is 0.845. The van der Waals surface area contributed by atoms with Gasteiger partial charge in [-0.3, -0.25) is 0 Å². The first-order valence-corrected chi connectivity index (χ1v) is 6.21. The molecule has 0 heterocycles. The van der Waals surface area contributed by atoms with E-state index in [1.54, 1.807) is 0 Å². The van der Waals surface area contributed by atoms with Gasteiger partial charge in [0.1, 0.15) is 5.75 Å². The average molecular weight is 219 g/mol. The predicted octanol–water partition coefficient (Wildman–Crippen LogP) is 2.89. The number of hydrogen-bond acceptors (Lipinski definition) is 2. The molecule has 2 unspecified atom stereocenters. The molecule has 0 amide bonds. The van der Waals surface area contributed by atoms with E-state index < -0.39 is 0 Å². The van der Waals surface area contributed by atoms with Crippen LogP contribution in [0.2, 0.25) is 0 Å². The SMILES string of the molecule is Cc1cccc(OCCC2CCCC2N)c1. The van der Waals surface area contributed by atoms with Crippen molar-refractivity contribution in [1.82, 2.24) is 0 Å². The minimum Gasteiger partial charge on any atom is -0.494 e. The van der Waals surface area contributed by atoms with Gasteiger partial charge in [-0.05, 0) is 49.8 Å². The molecular weight excluding hydrogens is 198 g/mol. The molecule has 0 spiro atoms. The molecule has 2 atom stereocenters. The molecule has 2 nitrogen and oxygen atoms in total. The maximum absolute atomic E-state index is 6.03. The minimum atomic E-state index is 0.404. The lowest BCUT2D eigenvalue weighted by Crippen LogP contribution is -2.25. The zero-order valence-electron chi connectivity index (χ0n) is 9.99. The average Bonchev–Trinajstić information content (AvgIpc) is 2.65. The summed E-state index contributed by atoms with van der Waals surface area (Å²) in [6.07, 6.45) is 4.85. The predicted molar refractivity (Wildman–Crippen MR) is 66.6 cm³/mol. The van der Waals surface area contributed by atoms with Gasteiger partial charge in [0.25, 0.3) is 0 Å². The minimum absolute atomic E-state index is 0.404. The summed E-state index contributed by atoms with van der Waals surface area (Å²) in [6, 6.07) is 8.61. The Hall–Kier alpha value is -1.02. The van der Waals surface area contributed by atoms with Gasteiger partial charge in [-0.2, -0.15) is 0 Å². The molecule has 88 valence electrons. The lowest BCUT2D eigenvalue weighted by Gasteiger charge is -2.15. The fourth-order valence-corrected chi connectivity index (χ4v) is 2.46. The number of rotatable bonds is 4. The third-order valence-corrected chi connectivity index (χ3v) is 3.46. The van der Waals surface area contributed by atoms with Crippen molar-refractivity contribution in [1.29, 1.82) is 0 Å². The van der Waals surface area contributed by atoms with E-state index in [9.17, 15) is 0 Å². The van der Waals surface area contributed by atoms with Crippen LogP contribution in [-0.2, 0) is 0 Å². The Kier molecular flexibility index (Phi) is 3.83. The Labute approximate surface area is 97.8 Å². The van der Waals surface area contributed by atoms with Gasteiger partial charge in [-0.25, -0.2) is 0 Å². The summed E-state index contributed by atoms with van der Waals surface area (Å²) in [5.74, 6) is 1.65. The Balaban J connectivity index is 1.75. The van der Waals surface area contributed by atoms with Crippen LogP contribution in [0, 0.1) is 12.8 Å². The van der Waals surface area contributed by atoms with Crippen LogP contribution in [0.1, 0.15) is 31.2 Å². The fraction of sp³-hybridized carbons (Fsp3) is 0.571. The molecule has 0 bridgehead atoms. The Bertz CT molecular complexity index is 337. The molecular formula is C14H21NO. The second-order valence-corrected chi connectivity index (χ2v) is 4.81. The molecule has 1 fully saturated rings. The van der Waals surface area contributed by atoms with Gasteiger partial charge in [0.05, 0.1) is 6.61 Å². The van der Waals surface area contributed by atoms with E-state index in [1.165, 1.54) is 24.8 Å². The van der Waals surface area contributed by atoms with E-state index in [2.05, 4.69) is 19.1 Å². The van der Waals surface area contributed by atoms with E-state index in [1.807, 2.05) is 12.1 Å². The molecule has 0 radical (unpaired) electrons. The van der Waals surface area contributed by atoms with Crippen molar-refractivity contribution in [3.05, 3.63) is 29.8 Å². The summed E-state index contributed by atoms with van der Waals surface area (Å²) >= 11 is 0. The van der Waals surface area contributed by atoms with Gasteiger partial charge < -0.3 is 10.5 Å². The zero-order valence-corrected chi connectivity index (χ0v) is 9.99. The largest absolute Gasteiger partial charge is 0.494 e. The van der Waals surface area contributed by atoms with E-state index in [-0.39, 0.29) is 0 Å². The fourth-order valence-electron chi connectivity index (χ4n) is 2.46. The lowest BCUT2D eigenvalue weighted by molar-refractivity contribution is 0.271. The molecule has 2 heteroatoms. The summed E-state index contributed by atoms with van der Waals surface area (Å²) < 4.78 is 5.74. The first-order valence-electron chi connectivity index (χ1n) is 6.21. The second kappa shape index (κ2) is 5.35. The summed E-state index contributed by atoms with van der Waals surface area (Å²) in [7, 11) is 0. The molecule has 1 aromatic carbocycles.